The highest BCUT2D eigenvalue weighted by Crippen LogP contribution is 2.56. The zero-order valence-corrected chi connectivity index (χ0v) is 19.8. The highest BCUT2D eigenvalue weighted by molar-refractivity contribution is 5.48. The predicted octanol–water partition coefficient (Wildman–Crippen LogP) is 3.44. The third-order valence-electron chi connectivity index (χ3n) is 9.15. The number of rotatable bonds is 5. The smallest absolute Gasteiger partial charge is 0.115 e. The van der Waals surface area contributed by atoms with Crippen molar-refractivity contribution in [1.29, 1.82) is 0 Å². The van der Waals surface area contributed by atoms with Crippen LogP contribution in [0.5, 0.6) is 5.75 Å². The molecule has 1 aromatic carbocycles. The second kappa shape index (κ2) is 8.07. The van der Waals surface area contributed by atoms with Crippen molar-refractivity contribution >= 4 is 0 Å². The summed E-state index contributed by atoms with van der Waals surface area (Å²) >= 11 is 0. The maximum absolute atomic E-state index is 12.6. The minimum absolute atomic E-state index is 0.183. The van der Waals surface area contributed by atoms with Crippen molar-refractivity contribution in [2.75, 3.05) is 32.7 Å². The van der Waals surface area contributed by atoms with Gasteiger partial charge in [-0.15, -0.1) is 0 Å². The summed E-state index contributed by atoms with van der Waals surface area (Å²) in [5.74, 6) is 1.15. The van der Waals surface area contributed by atoms with E-state index in [4.69, 9.17) is 4.98 Å². The number of phenolic OH excluding ortho intramolecular Hbond substituents is 1. The monoisotopic (exact) mass is 447 g/mol. The van der Waals surface area contributed by atoms with Gasteiger partial charge in [-0.3, -0.25) is 9.88 Å². The molecule has 176 valence electrons. The largest absolute Gasteiger partial charge is 0.508 e. The zero-order valence-electron chi connectivity index (χ0n) is 19.8. The Morgan fingerprint density at radius 1 is 1.06 bits per heavy atom. The summed E-state index contributed by atoms with van der Waals surface area (Å²) in [6, 6.07) is 12.4. The lowest BCUT2D eigenvalue weighted by molar-refractivity contribution is -0.149. The standard InChI is InChI=1S/C28H37N3O2/c1-20-3-2-4-23(29-20)9-13-30-14-10-27-11-16-31(19-21-5-6-21)26(28(27,33)12-15-30)17-22-7-8-24(32)18-25(22)27/h2-4,7-8,18,21,26,32-33H,5-6,9-17,19H2,1H3. The Morgan fingerprint density at radius 2 is 1.88 bits per heavy atom. The molecule has 0 radical (unpaired) electrons. The van der Waals surface area contributed by atoms with E-state index in [1.165, 1.54) is 24.0 Å². The molecule has 3 atom stereocenters. The van der Waals surface area contributed by atoms with Gasteiger partial charge in [0.15, 0.2) is 0 Å². The summed E-state index contributed by atoms with van der Waals surface area (Å²) in [6.07, 6.45) is 7.27. The molecule has 5 nitrogen and oxygen atoms in total. The van der Waals surface area contributed by atoms with E-state index in [9.17, 15) is 10.2 Å². The van der Waals surface area contributed by atoms with Crippen molar-refractivity contribution < 1.29 is 10.2 Å². The van der Waals surface area contributed by atoms with Crippen LogP contribution in [0.25, 0.3) is 0 Å². The van der Waals surface area contributed by atoms with Crippen molar-refractivity contribution in [1.82, 2.24) is 14.8 Å². The lowest BCUT2D eigenvalue weighted by Gasteiger charge is -2.61. The number of hydrogen-bond donors (Lipinski definition) is 2. The van der Waals surface area contributed by atoms with E-state index in [2.05, 4.69) is 41.0 Å². The summed E-state index contributed by atoms with van der Waals surface area (Å²) in [5.41, 5.74) is 3.77. The van der Waals surface area contributed by atoms with Crippen molar-refractivity contribution in [3.63, 3.8) is 0 Å². The fourth-order valence-corrected chi connectivity index (χ4v) is 7.15. The number of likely N-dealkylation sites (tertiary alicyclic amines) is 2. The Labute approximate surface area is 197 Å². The molecule has 2 saturated heterocycles. The van der Waals surface area contributed by atoms with E-state index >= 15 is 0 Å². The molecule has 3 unspecified atom stereocenters. The molecule has 1 aromatic heterocycles. The molecule has 6 rings (SSSR count). The van der Waals surface area contributed by atoms with Gasteiger partial charge >= 0.3 is 0 Å². The lowest BCUT2D eigenvalue weighted by Crippen LogP contribution is -2.71. The first-order valence-corrected chi connectivity index (χ1v) is 12.9. The summed E-state index contributed by atoms with van der Waals surface area (Å²) in [5, 5.41) is 22.9. The topological polar surface area (TPSA) is 59.8 Å². The van der Waals surface area contributed by atoms with Crippen LogP contribution < -0.4 is 0 Å². The molecule has 3 fully saturated rings. The Kier molecular flexibility index (Phi) is 5.28. The number of piperidine rings is 1. The molecule has 33 heavy (non-hydrogen) atoms. The molecule has 4 aliphatic rings. The number of pyridine rings is 1. The van der Waals surface area contributed by atoms with E-state index in [0.29, 0.717) is 5.75 Å². The zero-order chi connectivity index (χ0) is 22.6. The van der Waals surface area contributed by atoms with E-state index in [0.717, 1.165) is 82.1 Å². The predicted molar refractivity (Wildman–Crippen MR) is 129 cm³/mol. The minimum Gasteiger partial charge on any atom is -0.508 e. The molecule has 0 spiro atoms. The molecule has 3 heterocycles. The van der Waals surface area contributed by atoms with Gasteiger partial charge in [0.2, 0.25) is 0 Å². The van der Waals surface area contributed by atoms with Crippen molar-refractivity contribution in [3.05, 3.63) is 58.9 Å². The van der Waals surface area contributed by atoms with Crippen LogP contribution in [-0.2, 0) is 18.3 Å². The third kappa shape index (κ3) is 3.69. The van der Waals surface area contributed by atoms with Gasteiger partial charge in [-0.25, -0.2) is 0 Å². The Bertz CT molecular complexity index is 1040. The quantitative estimate of drug-likeness (QED) is 0.735. The van der Waals surface area contributed by atoms with Crippen LogP contribution in [0.2, 0.25) is 0 Å². The van der Waals surface area contributed by atoms with Gasteiger partial charge in [0, 0.05) is 48.9 Å². The van der Waals surface area contributed by atoms with Gasteiger partial charge in [-0.2, -0.15) is 0 Å². The van der Waals surface area contributed by atoms with Crippen molar-refractivity contribution in [3.8, 4) is 5.75 Å². The first kappa shape index (κ1) is 21.6. The molecule has 5 heteroatoms. The first-order valence-electron chi connectivity index (χ1n) is 12.9. The molecule has 0 amide bonds. The number of aromatic hydroxyl groups is 1. The SMILES string of the molecule is Cc1cccc(CCN2CCC34CCN(CC5CC5)C(Cc5ccc(O)cc53)C4(O)CC2)n1. The molecule has 2 N–H and O–H groups in total. The van der Waals surface area contributed by atoms with Crippen LogP contribution in [0.1, 0.15) is 54.6 Å². The molecular weight excluding hydrogens is 410 g/mol. The Hall–Kier alpha value is -1.95. The van der Waals surface area contributed by atoms with Crippen LogP contribution >= 0.6 is 0 Å². The summed E-state index contributed by atoms with van der Waals surface area (Å²) in [6.45, 7) is 7.14. The van der Waals surface area contributed by atoms with E-state index < -0.39 is 5.60 Å². The molecular formula is C28H37N3O2. The second-order valence-electron chi connectivity index (χ2n) is 11.1. The molecule has 2 aromatic rings. The highest BCUT2D eigenvalue weighted by Gasteiger charge is 2.63. The Balaban J connectivity index is 1.30. The number of phenols is 1. The average molecular weight is 448 g/mol. The molecule has 2 bridgehead atoms. The number of aryl methyl sites for hydroxylation is 1. The fourth-order valence-electron chi connectivity index (χ4n) is 7.15. The summed E-state index contributed by atoms with van der Waals surface area (Å²) in [4.78, 5) is 9.85. The highest BCUT2D eigenvalue weighted by atomic mass is 16.3. The molecule has 2 aliphatic heterocycles. The minimum atomic E-state index is -0.739. The first-order chi connectivity index (χ1) is 16.0. The van der Waals surface area contributed by atoms with Gasteiger partial charge in [-0.05, 0) is 99.8 Å². The number of aromatic nitrogens is 1. The van der Waals surface area contributed by atoms with Crippen molar-refractivity contribution in [2.45, 2.75) is 68.9 Å². The van der Waals surface area contributed by atoms with Crippen molar-refractivity contribution in [2.24, 2.45) is 5.92 Å². The van der Waals surface area contributed by atoms with Gasteiger partial charge in [0.05, 0.1) is 5.60 Å². The van der Waals surface area contributed by atoms with Crippen LogP contribution in [0.15, 0.2) is 36.4 Å². The van der Waals surface area contributed by atoms with Gasteiger partial charge in [0.25, 0.3) is 0 Å². The number of aliphatic hydroxyl groups is 1. The van der Waals surface area contributed by atoms with E-state index in [-0.39, 0.29) is 11.5 Å². The van der Waals surface area contributed by atoms with E-state index in [1.807, 2.05) is 12.1 Å². The summed E-state index contributed by atoms with van der Waals surface area (Å²) < 4.78 is 0. The maximum Gasteiger partial charge on any atom is 0.115 e. The molecule has 2 aliphatic carbocycles. The molecule has 1 saturated carbocycles. The average Bonchev–Trinajstić information content (AvgIpc) is 3.62. The Morgan fingerprint density at radius 3 is 2.70 bits per heavy atom. The fraction of sp³-hybridized carbons (Fsp3) is 0.607. The van der Waals surface area contributed by atoms with Gasteiger partial charge in [0.1, 0.15) is 5.75 Å². The number of nitrogens with zero attached hydrogens (tertiary/aromatic N) is 3. The van der Waals surface area contributed by atoms with Crippen LogP contribution in [-0.4, -0.2) is 69.4 Å². The normalized spacial score (nSPS) is 32.1. The van der Waals surface area contributed by atoms with Gasteiger partial charge in [-0.1, -0.05) is 12.1 Å². The van der Waals surface area contributed by atoms with Crippen LogP contribution in [0.4, 0.5) is 0 Å². The third-order valence-corrected chi connectivity index (χ3v) is 9.15. The number of fused-ring (bicyclic) bond motifs is 1. The van der Waals surface area contributed by atoms with E-state index in [1.54, 1.807) is 0 Å². The number of hydrogen-bond acceptors (Lipinski definition) is 5. The second-order valence-corrected chi connectivity index (χ2v) is 11.1. The number of benzene rings is 1. The van der Waals surface area contributed by atoms with Crippen LogP contribution in [0, 0.1) is 12.8 Å². The maximum atomic E-state index is 12.6. The lowest BCUT2D eigenvalue weighted by atomic mass is 9.52. The summed E-state index contributed by atoms with van der Waals surface area (Å²) in [7, 11) is 0. The van der Waals surface area contributed by atoms with Gasteiger partial charge < -0.3 is 15.1 Å². The van der Waals surface area contributed by atoms with Crippen LogP contribution in [0.3, 0.4) is 0 Å².